The highest BCUT2D eigenvalue weighted by Crippen LogP contribution is 2.30. The van der Waals surface area contributed by atoms with Crippen LogP contribution in [0.5, 0.6) is 5.75 Å². The lowest BCUT2D eigenvalue weighted by Crippen LogP contribution is -2.61. The number of aliphatic hydroxyl groups is 2. The van der Waals surface area contributed by atoms with Crippen molar-refractivity contribution in [2.75, 3.05) is 65.8 Å². The van der Waals surface area contributed by atoms with E-state index in [-0.39, 0.29) is 114 Å². The minimum atomic E-state index is -1.87. The predicted octanol–water partition coefficient (Wildman–Crippen LogP) is -1.58. The van der Waals surface area contributed by atoms with E-state index in [9.17, 15) is 63.3 Å². The highest BCUT2D eigenvalue weighted by Gasteiger charge is 2.47. The van der Waals surface area contributed by atoms with E-state index in [4.69, 9.17) is 16.2 Å². The van der Waals surface area contributed by atoms with Crippen LogP contribution in [0, 0.1) is 11.8 Å². The minimum Gasteiger partial charge on any atom is -0.508 e. The number of ketones is 1. The van der Waals surface area contributed by atoms with Gasteiger partial charge in [-0.05, 0) is 118 Å². The van der Waals surface area contributed by atoms with Crippen molar-refractivity contribution < 1.29 is 102 Å². The third kappa shape index (κ3) is 27.5. The number of phenolic OH excluding ortho intramolecular Hbond substituents is 1. The van der Waals surface area contributed by atoms with Gasteiger partial charge in [-0.25, -0.2) is 4.98 Å². The van der Waals surface area contributed by atoms with Crippen molar-refractivity contribution in [1.82, 2.24) is 92.3 Å². The van der Waals surface area contributed by atoms with Gasteiger partial charge in [-0.3, -0.25) is 81.5 Å². The maximum absolute atomic E-state index is 15.5. The first-order valence-electron chi connectivity index (χ1n) is 44.8. The van der Waals surface area contributed by atoms with E-state index in [0.29, 0.717) is 69.9 Å². The van der Waals surface area contributed by atoms with E-state index < -0.39 is 223 Å². The summed E-state index contributed by atoms with van der Waals surface area (Å²) in [5.41, 5.74) is 14.2. The molecule has 3 aromatic heterocycles. The molecule has 41 nitrogen and oxygen atoms in total. The monoisotopic (exact) mass is 1860 g/mol. The van der Waals surface area contributed by atoms with Gasteiger partial charge in [-0.15, -0.1) is 0 Å². The lowest BCUT2D eigenvalue weighted by Gasteiger charge is -2.37. The Balaban J connectivity index is 0.851. The number of morpholine rings is 1. The average Bonchev–Trinajstić information content (AvgIpc) is 1.76. The third-order valence-corrected chi connectivity index (χ3v) is 24.7. The molecule has 19 N–H and O–H groups in total. The van der Waals surface area contributed by atoms with Crippen molar-refractivity contribution in [3.8, 4) is 5.75 Å². The molecule has 0 spiro atoms. The summed E-state index contributed by atoms with van der Waals surface area (Å²) in [5.74, 6) is -16.0. The molecule has 4 aliphatic heterocycles. The van der Waals surface area contributed by atoms with Gasteiger partial charge >= 0.3 is 0 Å². The molecule has 3 fully saturated rings. The number of nitrogens with two attached hydrogens (primary N) is 2. The number of β-amino-alcohol motifs (C(OH)–C–C–N with tert-alkyl or cyclic N) is 1. The Hall–Kier alpha value is -13.1. The molecule has 0 bridgehead atoms. The number of primary amides is 2. The first kappa shape index (κ1) is 102. The molecule has 3 saturated heterocycles. The second kappa shape index (κ2) is 48.4. The Labute approximate surface area is 773 Å². The van der Waals surface area contributed by atoms with Crippen molar-refractivity contribution in [3.63, 3.8) is 0 Å². The molecule has 4 aliphatic rings. The normalized spacial score (nSPS) is 20.0. The number of ether oxygens (including phenoxy) is 1. The lowest BCUT2D eigenvalue weighted by molar-refractivity contribution is -0.152. The van der Waals surface area contributed by atoms with Gasteiger partial charge in [0.15, 0.2) is 5.78 Å². The van der Waals surface area contributed by atoms with Gasteiger partial charge in [0.2, 0.25) is 94.5 Å². The second-order valence-corrected chi connectivity index (χ2v) is 34.9. The van der Waals surface area contributed by atoms with E-state index in [2.05, 4.69) is 80.4 Å². The molecule has 0 unspecified atom stereocenters. The third-order valence-electron chi connectivity index (χ3n) is 24.4. The predicted molar refractivity (Wildman–Crippen MR) is 486 cm³/mol. The van der Waals surface area contributed by atoms with Crippen molar-refractivity contribution in [3.05, 3.63) is 132 Å². The number of likely N-dealkylation sites (tertiary alicyclic amines) is 2. The summed E-state index contributed by atoms with van der Waals surface area (Å²) in [6.07, 6.45) is 8.24. The number of aromatic nitrogens is 4. The van der Waals surface area contributed by atoms with E-state index in [0.717, 1.165) is 4.90 Å². The zero-order chi connectivity index (χ0) is 96.4. The first-order chi connectivity index (χ1) is 63.6. The summed E-state index contributed by atoms with van der Waals surface area (Å²) in [6, 6.07) is 1.84. The molecular weight excluding hydrogens is 1740 g/mol. The molecule has 7 heterocycles. The summed E-state index contributed by atoms with van der Waals surface area (Å²) >= 11 is 4.06. The number of benzene rings is 3. The van der Waals surface area contributed by atoms with E-state index >= 15 is 33.6 Å². The van der Waals surface area contributed by atoms with Crippen LogP contribution in [-0.2, 0) is 112 Å². The van der Waals surface area contributed by atoms with Gasteiger partial charge < -0.3 is 119 Å². The number of carbonyl (C=O) groups is 17. The van der Waals surface area contributed by atoms with Gasteiger partial charge in [0.25, 0.3) is 0 Å². The molecule has 3 aromatic carbocycles. The number of hydrogen-bond acceptors (Lipinski definition) is 23. The molecule has 6 aromatic rings. The Morgan fingerprint density at radius 3 is 1.77 bits per heavy atom. The highest BCUT2D eigenvalue weighted by molar-refractivity contribution is 7.81. The number of aromatic amines is 3. The Morgan fingerprint density at radius 2 is 1.17 bits per heavy atom. The number of para-hydroxylation sites is 2. The highest BCUT2D eigenvalue weighted by atomic mass is 32.1. The Kier molecular flexibility index (Phi) is 37.1. The molecule has 0 aliphatic carbocycles. The van der Waals surface area contributed by atoms with Crippen LogP contribution in [0.1, 0.15) is 134 Å². The zero-order valence-electron chi connectivity index (χ0n) is 75.3. The molecule has 10 rings (SSSR count). The van der Waals surface area contributed by atoms with Crippen LogP contribution in [0.2, 0.25) is 0 Å². The SMILES string of the molecule is CC[C@@H](NC(=O)[C@@H](C)NC(=O)[C@@H]1CCC/C=C\CCC[C@H](N(C)C(=O)[C@H](Cc2c[nH]c3ccccc23)NC(=O)[C@H](CO)NC(=O)[C@@H](Cc2c[nH]c3ccccc23)NC(=O)[C@@H]2C[C@@H](O)CN2C(=O)[C@H](CC(C)C)NC(=O)[C@H](Cc2cnc[nH]2)NC(=O)[C@@H]2CCCN2C(=O)[C@H](CC(N)=O)CC(=O)[C@@H]2COCCN2C(=O)[C@H](Cc2ccc(O)cc2)NC(=O)CS)C(=O)N1C)C(=O)NCC(N)=O. The molecule has 0 radical (unpaired) electrons. The van der Waals surface area contributed by atoms with Crippen LogP contribution in [0.25, 0.3) is 21.8 Å². The summed E-state index contributed by atoms with van der Waals surface area (Å²) in [4.78, 5) is 262. The number of amides is 16. The number of aromatic hydroxyl groups is 1. The van der Waals surface area contributed by atoms with Gasteiger partial charge in [0.05, 0.1) is 50.5 Å². The second-order valence-electron chi connectivity index (χ2n) is 34.6. The number of hydrogen-bond donors (Lipinski definition) is 18. The van der Waals surface area contributed by atoms with E-state index in [1.54, 1.807) is 93.8 Å². The fourth-order valence-corrected chi connectivity index (χ4v) is 17.3. The molecule has 133 heavy (non-hydrogen) atoms. The van der Waals surface area contributed by atoms with Gasteiger partial charge in [-0.1, -0.05) is 81.5 Å². The fraction of sp³-hybridized carbons (Fsp3) is 0.516. The maximum atomic E-state index is 15.5. The molecule has 718 valence electrons. The minimum absolute atomic E-state index is 0.00789. The molecular formula is C91H122N20O21S. The number of allylic oxidation sites excluding steroid dienone is 2. The number of likely N-dealkylation sites (N-methyl/N-ethyl adjacent to an activating group) is 2. The number of nitrogens with zero attached hydrogens (tertiary/aromatic N) is 6. The number of aliphatic hydroxyl groups excluding tert-OH is 2. The van der Waals surface area contributed by atoms with Crippen molar-refractivity contribution in [2.24, 2.45) is 23.3 Å². The average molecular weight is 1860 g/mol. The zero-order valence-corrected chi connectivity index (χ0v) is 76.2. The summed E-state index contributed by atoms with van der Waals surface area (Å²) in [6.45, 7) is 4.06. The van der Waals surface area contributed by atoms with E-state index in [1.807, 2.05) is 12.2 Å². The standard InChI is InChI=1S/C91H122N20O21S/c1-7-61(80(120)97-44-77(93)117)101-79(119)51(4)99-84(124)70-23-12-10-8-9-11-13-24-72(91(131)107(70)5)108(6)88(128)68(36-55-42-96-63-22-17-15-20-60(55)63)105-83(123)69(46-112)106-81(121)64(35-54-41-95-62-21-16-14-19-59(54)62)102-86(126)73-40-58(114)45-111(73)90(130)66(33-50(2)3)104-82(122)65(39-56-43-94-49-98-56)103-85(125)71-25-18-30-109(71)87(127)53(38-76(92)116)37-75(115)74-47-132-32-31-110(74)89(129)67(100-78(118)48-133)34-52-26-28-57(113)29-27-52/h8-9,14-17,19-22,26-29,41-43,49-51,53,58,61,64-74,95-96,112-114,133H,7,10-13,18,23-25,30-40,44-48H2,1-6H3,(H2,92,116)(H2,93,117)(H,94,98)(H,97,120)(H,99,124)(H,100,118)(H,101,119)(H,102,126)(H,103,125)(H,104,122)(H,105,123)(H,106,121)/b9-8-/t51-,53+,58-,61-,64-,65+,66+,67+,68+,69+,70+,71+,72+,73+,74+/m1/s1. The molecule has 15 atom stereocenters. The van der Waals surface area contributed by atoms with Crippen LogP contribution in [0.3, 0.4) is 0 Å². The van der Waals surface area contributed by atoms with Crippen LogP contribution >= 0.6 is 12.6 Å². The summed E-state index contributed by atoms with van der Waals surface area (Å²) in [7, 11) is 2.77. The molecule has 0 saturated carbocycles. The number of nitrogens with one attached hydrogen (secondary N) is 12. The number of phenols is 1. The van der Waals surface area contributed by atoms with E-state index in [1.165, 1.54) is 65.3 Å². The number of Topliss-reactive ketones (excluding diaryl/α,β-unsaturated/α-hetero) is 1. The van der Waals surface area contributed by atoms with Crippen LogP contribution in [0.4, 0.5) is 0 Å². The first-order valence-corrected chi connectivity index (χ1v) is 45.4. The van der Waals surface area contributed by atoms with Crippen molar-refractivity contribution >= 4 is 135 Å². The van der Waals surface area contributed by atoms with Gasteiger partial charge in [0.1, 0.15) is 84.3 Å². The van der Waals surface area contributed by atoms with Gasteiger partial charge in [-0.2, -0.15) is 12.6 Å². The van der Waals surface area contributed by atoms with Crippen molar-refractivity contribution in [2.45, 2.75) is 221 Å². The number of carbonyl (C=O) groups excluding carboxylic acids is 17. The summed E-state index contributed by atoms with van der Waals surface area (Å²) in [5, 5.41) is 57.7. The number of imidazole rings is 1. The molecule has 42 heteroatoms. The summed E-state index contributed by atoms with van der Waals surface area (Å²) < 4.78 is 5.67. The number of thiol groups is 1. The Bertz CT molecular complexity index is 5200. The van der Waals surface area contributed by atoms with Crippen LogP contribution < -0.4 is 59.3 Å². The lowest BCUT2D eigenvalue weighted by atomic mass is 9.92. The number of fused-ring (bicyclic) bond motifs is 2. The molecule has 16 amide bonds. The number of rotatable bonds is 41. The maximum Gasteiger partial charge on any atom is 0.246 e. The smallest absolute Gasteiger partial charge is 0.246 e. The largest absolute Gasteiger partial charge is 0.508 e. The fourth-order valence-electron chi connectivity index (χ4n) is 17.3. The van der Waals surface area contributed by atoms with Crippen molar-refractivity contribution in [1.29, 1.82) is 0 Å². The van der Waals surface area contributed by atoms with Crippen LogP contribution in [0.15, 0.2) is 110 Å². The quantitative estimate of drug-likeness (QED) is 0.0152. The van der Waals surface area contributed by atoms with Gasteiger partial charge in [0, 0.05) is 125 Å². The van der Waals surface area contributed by atoms with Crippen LogP contribution in [-0.4, -0.2) is 311 Å². The number of H-pyrrole nitrogens is 3. The Morgan fingerprint density at radius 1 is 0.594 bits per heavy atom. The topological polar surface area (TPSA) is 597 Å².